The fourth-order valence-electron chi connectivity index (χ4n) is 7.54. The highest BCUT2D eigenvalue weighted by atomic mass is 32.2. The number of hydrogen-bond donors (Lipinski definition) is 4. The first-order valence-corrected chi connectivity index (χ1v) is 21.3. The molecular weight excluding hydrogens is 842 g/mol. The number of aromatic nitrogens is 4. The average molecular weight is 877 g/mol. The zero-order valence-corrected chi connectivity index (χ0v) is 35.0. The Hall–Kier alpha value is -7.10. The van der Waals surface area contributed by atoms with E-state index in [9.17, 15) is 41.5 Å². The number of alkyl halides is 3. The number of aliphatic carboxylic acids is 1. The first kappa shape index (κ1) is 41.6. The number of carboxylic acids is 1. The number of sulfonamides is 1. The van der Waals surface area contributed by atoms with E-state index < -0.39 is 39.7 Å². The molecule has 0 spiro atoms. The smallest absolute Gasteiger partial charge is 0.417 e. The highest BCUT2D eigenvalue weighted by molar-refractivity contribution is 7.92. The number of halogens is 3. The quantitative estimate of drug-likeness (QED) is 0.105. The second-order valence-corrected chi connectivity index (χ2v) is 17.6. The summed E-state index contributed by atoms with van der Waals surface area (Å²) in [5, 5.41) is 31.6. The summed E-state index contributed by atoms with van der Waals surface area (Å²) in [4.78, 5) is 33.9. The predicted molar refractivity (Wildman–Crippen MR) is 227 cm³/mol. The van der Waals surface area contributed by atoms with Crippen molar-refractivity contribution in [2.45, 2.75) is 57.8 Å². The monoisotopic (exact) mass is 876 g/mol. The first-order valence-electron chi connectivity index (χ1n) is 19.0. The highest BCUT2D eigenvalue weighted by Crippen LogP contribution is 2.41. The van der Waals surface area contributed by atoms with Crippen LogP contribution in [0.25, 0.3) is 27.0 Å². The fourth-order valence-corrected chi connectivity index (χ4v) is 9.82. The Morgan fingerprint density at radius 2 is 1.68 bits per heavy atom. The number of nitrogens with one attached hydrogen (secondary N) is 3. The number of nitriles is 1. The average Bonchev–Trinajstić information content (AvgIpc) is 3.91. The number of carboxylic acid groups (broad SMARTS) is 1. The number of amides is 1. The lowest BCUT2D eigenvalue weighted by molar-refractivity contribution is -0.138. The number of carbonyl (C=O) groups excluding carboxylic acids is 1. The van der Waals surface area contributed by atoms with Crippen molar-refractivity contribution in [2.24, 2.45) is 4.99 Å². The Morgan fingerprint density at radius 1 is 0.968 bits per heavy atom. The number of hydrogen-bond acceptors (Lipinski definition) is 9. The molecule has 4 N–H and O–H groups in total. The van der Waals surface area contributed by atoms with E-state index in [-0.39, 0.29) is 40.2 Å². The minimum atomic E-state index is -4.83. The van der Waals surface area contributed by atoms with Crippen molar-refractivity contribution in [3.05, 3.63) is 146 Å². The van der Waals surface area contributed by atoms with Gasteiger partial charge >= 0.3 is 12.1 Å². The number of fused-ring (bicyclic) bond motifs is 4. The molecular formula is C44H35F3N8O5S2. The molecule has 7 aromatic rings. The molecule has 0 saturated heterocycles. The molecule has 0 aliphatic carbocycles. The maximum absolute atomic E-state index is 14.6. The van der Waals surface area contributed by atoms with Crippen molar-refractivity contribution in [3.63, 3.8) is 0 Å². The number of rotatable bonds is 10. The van der Waals surface area contributed by atoms with Crippen LogP contribution in [-0.2, 0) is 27.5 Å². The number of aliphatic imine (C=N–C) groups is 1. The maximum Gasteiger partial charge on any atom is 0.417 e. The van der Waals surface area contributed by atoms with Crippen molar-refractivity contribution in [2.75, 3.05) is 4.72 Å². The number of anilines is 1. The van der Waals surface area contributed by atoms with Gasteiger partial charge in [0.2, 0.25) is 0 Å². The van der Waals surface area contributed by atoms with Crippen LogP contribution in [-0.4, -0.2) is 50.9 Å². The summed E-state index contributed by atoms with van der Waals surface area (Å²) >= 11 is 1.49. The van der Waals surface area contributed by atoms with Gasteiger partial charge in [-0.15, -0.1) is 21.5 Å². The van der Waals surface area contributed by atoms with E-state index in [0.29, 0.717) is 45.0 Å². The predicted octanol–water partition coefficient (Wildman–Crippen LogP) is 8.70. The third kappa shape index (κ3) is 7.60. The van der Waals surface area contributed by atoms with Crippen LogP contribution in [0.5, 0.6) is 0 Å². The summed E-state index contributed by atoms with van der Waals surface area (Å²) in [6.45, 7) is 7.37. The van der Waals surface area contributed by atoms with Gasteiger partial charge in [-0.3, -0.25) is 23.9 Å². The molecule has 1 atom stereocenters. The molecule has 1 aliphatic heterocycles. The molecule has 1 amide bonds. The molecule has 0 bridgehead atoms. The van der Waals surface area contributed by atoms with Crippen LogP contribution in [0.2, 0.25) is 0 Å². The molecule has 0 unspecified atom stereocenters. The lowest BCUT2D eigenvalue weighted by Gasteiger charge is -2.16. The standard InChI is InChI=1S/C44H35F3N8O5S2/c1-22-5-16-34(40-37(22)30(19-48)21-49-40)54-62(59,60)31-13-6-26(7-14-31)20-50-42(58)29-12-15-32(33(17-29)44(45,46)47)27-8-10-28(11-9-27)39-38-23(2)24(3)61-43(38)55-25(4)52-53-41(55)35(51-39)18-36(56)57/h5-17,21,35,49,54H,18,20H2,1-4H3,(H,50,58)(H,56,57)/t35-/m0/s1. The topological polar surface area (TPSA) is 195 Å². The van der Waals surface area contributed by atoms with E-state index in [1.54, 1.807) is 31.2 Å². The number of benzene rings is 4. The zero-order chi connectivity index (χ0) is 44.2. The first-order chi connectivity index (χ1) is 29.4. The van der Waals surface area contributed by atoms with Gasteiger partial charge in [0.05, 0.1) is 39.4 Å². The van der Waals surface area contributed by atoms with E-state index in [2.05, 4.69) is 31.3 Å². The van der Waals surface area contributed by atoms with Crippen LogP contribution in [0, 0.1) is 39.0 Å². The van der Waals surface area contributed by atoms with Crippen LogP contribution < -0.4 is 10.0 Å². The van der Waals surface area contributed by atoms with E-state index in [1.165, 1.54) is 66.1 Å². The lowest BCUT2D eigenvalue weighted by Crippen LogP contribution is -2.23. The minimum Gasteiger partial charge on any atom is -0.481 e. The van der Waals surface area contributed by atoms with Crippen molar-refractivity contribution in [1.82, 2.24) is 25.1 Å². The van der Waals surface area contributed by atoms with Crippen LogP contribution in [0.1, 0.15) is 78.3 Å². The molecule has 3 aromatic heterocycles. The van der Waals surface area contributed by atoms with Gasteiger partial charge in [-0.1, -0.05) is 48.5 Å². The number of aryl methyl sites for hydroxylation is 3. The molecule has 8 rings (SSSR count). The molecule has 4 aromatic carbocycles. The van der Waals surface area contributed by atoms with E-state index in [4.69, 9.17) is 4.99 Å². The summed E-state index contributed by atoms with van der Waals surface area (Å²) < 4.78 is 74.8. The largest absolute Gasteiger partial charge is 0.481 e. The Morgan fingerprint density at radius 3 is 2.35 bits per heavy atom. The Kier molecular flexibility index (Phi) is 10.6. The van der Waals surface area contributed by atoms with E-state index in [0.717, 1.165) is 32.6 Å². The SMILES string of the molecule is Cc1sc2c(c1C)C(c1ccc(-c3ccc(C(=O)NCc4ccc(S(=O)(=O)Nc5ccc(C)c6c(C#N)c[nH]c56)cc4)cc3C(F)(F)F)cc1)=N[C@@H](CC(=O)O)c1nnc(C)n1-2. The van der Waals surface area contributed by atoms with Crippen LogP contribution in [0.4, 0.5) is 18.9 Å². The maximum atomic E-state index is 14.6. The number of H-pyrrole nitrogens is 1. The van der Waals surface area contributed by atoms with E-state index >= 15 is 0 Å². The molecule has 13 nitrogen and oxygen atoms in total. The third-order valence-corrected chi connectivity index (χ3v) is 13.3. The van der Waals surface area contributed by atoms with Crippen LogP contribution in [0.3, 0.4) is 0 Å². The van der Waals surface area contributed by atoms with Gasteiger partial charge in [0, 0.05) is 39.7 Å². The number of thiophene rings is 1. The normalized spacial score (nSPS) is 13.8. The molecule has 1 aliphatic rings. The Bertz CT molecular complexity index is 3140. The van der Waals surface area contributed by atoms with Gasteiger partial charge in [0.1, 0.15) is 22.9 Å². The zero-order valence-electron chi connectivity index (χ0n) is 33.3. The second-order valence-electron chi connectivity index (χ2n) is 14.8. The van der Waals surface area contributed by atoms with Crippen LogP contribution >= 0.6 is 11.3 Å². The van der Waals surface area contributed by atoms with Crippen molar-refractivity contribution < 1.29 is 36.3 Å². The van der Waals surface area contributed by atoms with Gasteiger partial charge in [0.25, 0.3) is 15.9 Å². The van der Waals surface area contributed by atoms with Gasteiger partial charge in [-0.05, 0) is 85.8 Å². The fraction of sp³-hybridized carbons (Fsp3) is 0.182. The molecule has 62 heavy (non-hydrogen) atoms. The summed E-state index contributed by atoms with van der Waals surface area (Å²) in [6.07, 6.45) is -3.68. The van der Waals surface area contributed by atoms with Gasteiger partial charge in [-0.2, -0.15) is 18.4 Å². The Labute approximate surface area is 356 Å². The van der Waals surface area contributed by atoms with Gasteiger partial charge in [0.15, 0.2) is 5.82 Å². The van der Waals surface area contributed by atoms with Gasteiger partial charge in [-0.25, -0.2) is 8.42 Å². The van der Waals surface area contributed by atoms with Crippen molar-refractivity contribution in [3.8, 4) is 22.2 Å². The van der Waals surface area contributed by atoms with Crippen molar-refractivity contribution >= 4 is 55.5 Å². The highest BCUT2D eigenvalue weighted by Gasteiger charge is 2.35. The summed E-state index contributed by atoms with van der Waals surface area (Å²) in [5.74, 6) is -0.911. The third-order valence-electron chi connectivity index (χ3n) is 10.8. The van der Waals surface area contributed by atoms with Gasteiger partial charge < -0.3 is 15.4 Å². The molecule has 18 heteroatoms. The number of carbonyl (C=O) groups is 2. The molecule has 0 fully saturated rings. The summed E-state index contributed by atoms with van der Waals surface area (Å²) in [7, 11) is -4.07. The lowest BCUT2D eigenvalue weighted by atomic mass is 9.94. The minimum absolute atomic E-state index is 0.0711. The Balaban J connectivity index is 1.01. The van der Waals surface area contributed by atoms with Crippen LogP contribution in [0.15, 0.2) is 94.9 Å². The molecule has 0 saturated carbocycles. The van der Waals surface area contributed by atoms with Crippen molar-refractivity contribution in [1.29, 1.82) is 5.26 Å². The number of aromatic amines is 1. The summed E-state index contributed by atoms with van der Waals surface area (Å²) in [6, 6.07) is 19.8. The van der Waals surface area contributed by atoms with E-state index in [1.807, 2.05) is 25.3 Å². The summed E-state index contributed by atoms with van der Waals surface area (Å²) in [5.41, 5.74) is 3.93. The second kappa shape index (κ2) is 15.7. The molecule has 0 radical (unpaired) electrons. The number of nitrogens with zero attached hydrogens (tertiary/aromatic N) is 5. The molecule has 314 valence electrons. The molecule has 4 heterocycles.